The molecule has 18 heavy (non-hydrogen) atoms. The molecule has 0 aliphatic carbocycles. The molecule has 1 unspecified atom stereocenters. The van der Waals surface area contributed by atoms with Crippen LogP contribution >= 0.6 is 0 Å². The van der Waals surface area contributed by atoms with Crippen LogP contribution in [0.15, 0.2) is 10.5 Å². The first-order valence-corrected chi connectivity index (χ1v) is 6.77. The number of rotatable bonds is 5. The van der Waals surface area contributed by atoms with E-state index in [4.69, 9.17) is 14.9 Å². The molecule has 1 aromatic rings. The Balaban J connectivity index is 1.77. The summed E-state index contributed by atoms with van der Waals surface area (Å²) in [4.78, 5) is 2.39. The molecule has 0 saturated carbocycles. The number of nitrogens with zero attached hydrogens (tertiary/aromatic N) is 1. The Kier molecular flexibility index (Phi) is 4.80. The van der Waals surface area contributed by atoms with Gasteiger partial charge in [0, 0.05) is 18.2 Å². The van der Waals surface area contributed by atoms with Crippen molar-refractivity contribution in [1.29, 1.82) is 0 Å². The molecule has 0 bridgehead atoms. The second-order valence-electron chi connectivity index (χ2n) is 5.14. The van der Waals surface area contributed by atoms with Crippen molar-refractivity contribution in [2.45, 2.75) is 45.4 Å². The zero-order chi connectivity index (χ0) is 13.0. The van der Waals surface area contributed by atoms with Gasteiger partial charge in [-0.25, -0.2) is 0 Å². The van der Waals surface area contributed by atoms with Gasteiger partial charge in [0.05, 0.1) is 6.61 Å². The molecule has 1 saturated heterocycles. The van der Waals surface area contributed by atoms with E-state index in [9.17, 15) is 0 Å². The van der Waals surface area contributed by atoms with Gasteiger partial charge in [-0.3, -0.25) is 0 Å². The lowest BCUT2D eigenvalue weighted by molar-refractivity contribution is 0.0372. The minimum Gasteiger partial charge on any atom is -0.464 e. The van der Waals surface area contributed by atoms with E-state index in [1.165, 1.54) is 25.8 Å². The van der Waals surface area contributed by atoms with Crippen LogP contribution in [0.4, 0.5) is 0 Å². The molecular weight excluding hydrogens is 228 g/mol. The quantitative estimate of drug-likeness (QED) is 0.871. The Labute approximate surface area is 109 Å². The molecule has 2 N–H and O–H groups in total. The highest BCUT2D eigenvalue weighted by Crippen LogP contribution is 2.17. The molecule has 0 spiro atoms. The summed E-state index contributed by atoms with van der Waals surface area (Å²) in [6.07, 6.45) is 3.86. The van der Waals surface area contributed by atoms with Crippen LogP contribution in [0.2, 0.25) is 0 Å². The monoisotopic (exact) mass is 252 g/mol. The fraction of sp³-hybridized carbons (Fsp3) is 0.714. The Morgan fingerprint density at radius 3 is 3.00 bits per heavy atom. The third kappa shape index (κ3) is 3.34. The lowest BCUT2D eigenvalue weighted by Crippen LogP contribution is -2.39. The highest BCUT2D eigenvalue weighted by atomic mass is 16.5. The van der Waals surface area contributed by atoms with Gasteiger partial charge in [-0.1, -0.05) is 6.42 Å². The van der Waals surface area contributed by atoms with Gasteiger partial charge in [-0.2, -0.15) is 0 Å². The second-order valence-corrected chi connectivity index (χ2v) is 5.14. The molecule has 4 heteroatoms. The van der Waals surface area contributed by atoms with Crippen molar-refractivity contribution in [3.05, 3.63) is 23.2 Å². The average Bonchev–Trinajstić information content (AvgIpc) is 2.72. The number of nitrogens with two attached hydrogens (primary N) is 1. The zero-order valence-corrected chi connectivity index (χ0v) is 11.4. The van der Waals surface area contributed by atoms with Gasteiger partial charge in [-0.15, -0.1) is 0 Å². The Morgan fingerprint density at radius 1 is 1.50 bits per heavy atom. The first-order chi connectivity index (χ1) is 8.70. The lowest BCUT2D eigenvalue weighted by Gasteiger charge is -2.32. The molecule has 0 radical (unpaired) electrons. The van der Waals surface area contributed by atoms with Crippen LogP contribution in [-0.2, 0) is 17.9 Å². The van der Waals surface area contributed by atoms with E-state index in [-0.39, 0.29) is 0 Å². The minimum absolute atomic E-state index is 0.528. The summed E-state index contributed by atoms with van der Waals surface area (Å²) < 4.78 is 11.4. The van der Waals surface area contributed by atoms with Crippen LogP contribution < -0.4 is 5.73 Å². The number of hydrogen-bond donors (Lipinski definition) is 1. The maximum Gasteiger partial charge on any atom is 0.130 e. The summed E-state index contributed by atoms with van der Waals surface area (Å²) >= 11 is 0. The largest absolute Gasteiger partial charge is 0.464 e. The van der Waals surface area contributed by atoms with Crippen LogP contribution in [-0.4, -0.2) is 31.1 Å². The zero-order valence-electron chi connectivity index (χ0n) is 11.4. The van der Waals surface area contributed by atoms with E-state index in [1.54, 1.807) is 0 Å². The molecule has 0 amide bonds. The number of hydrogen-bond acceptors (Lipinski definition) is 4. The minimum atomic E-state index is 0.528. The first kappa shape index (κ1) is 13.6. The van der Waals surface area contributed by atoms with Crippen molar-refractivity contribution in [2.24, 2.45) is 5.73 Å². The van der Waals surface area contributed by atoms with Crippen molar-refractivity contribution in [3.63, 3.8) is 0 Å². The predicted octanol–water partition coefficient (Wildman–Crippen LogP) is 2.05. The fourth-order valence-electron chi connectivity index (χ4n) is 2.51. The highest BCUT2D eigenvalue weighted by molar-refractivity contribution is 5.19. The van der Waals surface area contributed by atoms with Gasteiger partial charge in [-0.05, 0) is 39.4 Å². The van der Waals surface area contributed by atoms with Gasteiger partial charge in [0.1, 0.15) is 18.1 Å². The number of furan rings is 1. The van der Waals surface area contributed by atoms with Gasteiger partial charge < -0.3 is 19.8 Å². The van der Waals surface area contributed by atoms with Crippen molar-refractivity contribution in [2.75, 3.05) is 20.2 Å². The summed E-state index contributed by atoms with van der Waals surface area (Å²) in [5.41, 5.74) is 6.69. The van der Waals surface area contributed by atoms with E-state index in [0.29, 0.717) is 19.2 Å². The molecule has 0 aromatic carbocycles. The van der Waals surface area contributed by atoms with Crippen molar-refractivity contribution in [3.8, 4) is 0 Å². The maximum atomic E-state index is 5.77. The molecule has 4 nitrogen and oxygen atoms in total. The molecule has 2 rings (SSSR count). The van der Waals surface area contributed by atoms with Crippen molar-refractivity contribution in [1.82, 2.24) is 4.90 Å². The number of likely N-dealkylation sites (N-methyl/N-ethyl adjacent to an activating group) is 1. The van der Waals surface area contributed by atoms with E-state index in [1.807, 2.05) is 13.0 Å². The van der Waals surface area contributed by atoms with E-state index >= 15 is 0 Å². The van der Waals surface area contributed by atoms with Crippen LogP contribution in [0.25, 0.3) is 0 Å². The van der Waals surface area contributed by atoms with Gasteiger partial charge in [0.25, 0.3) is 0 Å². The lowest BCUT2D eigenvalue weighted by atomic mass is 10.0. The van der Waals surface area contributed by atoms with E-state index in [2.05, 4.69) is 11.9 Å². The number of ether oxygens (including phenoxy) is 1. The van der Waals surface area contributed by atoms with Crippen LogP contribution in [0, 0.1) is 6.92 Å². The standard InChI is InChI=1S/C14H24N2O2/c1-11-12(8-15)7-14(18-11)10-17-9-13-5-3-4-6-16(13)2/h7,13H,3-6,8-10,15H2,1-2H3. The predicted molar refractivity (Wildman–Crippen MR) is 71.3 cm³/mol. The van der Waals surface area contributed by atoms with E-state index in [0.717, 1.165) is 23.7 Å². The van der Waals surface area contributed by atoms with Gasteiger partial charge in [0.15, 0.2) is 0 Å². The highest BCUT2D eigenvalue weighted by Gasteiger charge is 2.18. The first-order valence-electron chi connectivity index (χ1n) is 6.77. The summed E-state index contributed by atoms with van der Waals surface area (Å²) in [5.74, 6) is 1.79. The topological polar surface area (TPSA) is 51.6 Å². The van der Waals surface area contributed by atoms with Crippen LogP contribution in [0.1, 0.15) is 36.3 Å². The molecule has 1 aliphatic rings. The summed E-state index contributed by atoms with van der Waals surface area (Å²) in [6, 6.07) is 2.56. The number of likely N-dealkylation sites (tertiary alicyclic amines) is 1. The summed E-state index contributed by atoms with van der Waals surface area (Å²) in [5, 5.41) is 0. The molecule has 1 atom stereocenters. The second kappa shape index (κ2) is 6.36. The molecule has 1 aromatic heterocycles. The Morgan fingerprint density at radius 2 is 2.33 bits per heavy atom. The third-order valence-corrected chi connectivity index (χ3v) is 3.77. The molecule has 1 aliphatic heterocycles. The summed E-state index contributed by atoms with van der Waals surface area (Å²) in [7, 11) is 2.18. The van der Waals surface area contributed by atoms with Crippen molar-refractivity contribution < 1.29 is 9.15 Å². The fourth-order valence-corrected chi connectivity index (χ4v) is 2.51. The van der Waals surface area contributed by atoms with Crippen molar-refractivity contribution >= 4 is 0 Å². The number of piperidine rings is 1. The maximum absolute atomic E-state index is 5.77. The normalized spacial score (nSPS) is 21.4. The molecular formula is C14H24N2O2. The van der Waals surface area contributed by atoms with Crippen LogP contribution in [0.3, 0.4) is 0 Å². The molecule has 102 valence electrons. The summed E-state index contributed by atoms with van der Waals surface area (Å²) in [6.45, 7) is 4.99. The van der Waals surface area contributed by atoms with Gasteiger partial charge in [0.2, 0.25) is 0 Å². The smallest absolute Gasteiger partial charge is 0.130 e. The average molecular weight is 252 g/mol. The SMILES string of the molecule is Cc1oc(COCC2CCCCN2C)cc1CN. The van der Waals surface area contributed by atoms with Crippen LogP contribution in [0.5, 0.6) is 0 Å². The molecule has 2 heterocycles. The Bertz CT molecular complexity index is 376. The number of aryl methyl sites for hydroxylation is 1. The molecule has 1 fully saturated rings. The Hall–Kier alpha value is -0.840. The van der Waals surface area contributed by atoms with Gasteiger partial charge >= 0.3 is 0 Å². The third-order valence-electron chi connectivity index (χ3n) is 3.77. The van der Waals surface area contributed by atoms with E-state index < -0.39 is 0 Å².